The number of ether oxygens (including phenoxy) is 1. The van der Waals surface area contributed by atoms with Crippen LogP contribution in [-0.4, -0.2) is 46.6 Å². The van der Waals surface area contributed by atoms with Gasteiger partial charge in [-0.05, 0) is 25.3 Å². The molecule has 0 saturated carbocycles. The Morgan fingerprint density at radius 3 is 2.82 bits per heavy atom. The van der Waals surface area contributed by atoms with Crippen molar-refractivity contribution in [3.8, 4) is 5.88 Å². The number of likely N-dealkylation sites (tertiary alicyclic amines) is 1. The van der Waals surface area contributed by atoms with Crippen molar-refractivity contribution in [2.45, 2.75) is 20.3 Å². The first-order valence-corrected chi connectivity index (χ1v) is 7.62. The van der Waals surface area contributed by atoms with Crippen molar-refractivity contribution >= 4 is 23.5 Å². The van der Waals surface area contributed by atoms with Gasteiger partial charge in [0.25, 0.3) is 5.91 Å². The summed E-state index contributed by atoms with van der Waals surface area (Å²) in [5.74, 6) is -1.16. The van der Waals surface area contributed by atoms with Crippen LogP contribution in [0.1, 0.15) is 30.6 Å². The molecule has 1 aromatic heterocycles. The number of carboxylic acids is 1. The number of carbonyl (C=O) groups excluding carboxylic acids is 1. The van der Waals surface area contributed by atoms with E-state index in [1.54, 1.807) is 4.90 Å². The van der Waals surface area contributed by atoms with Crippen molar-refractivity contribution in [3.63, 3.8) is 0 Å². The number of aromatic nitrogens is 1. The van der Waals surface area contributed by atoms with E-state index in [1.807, 2.05) is 13.8 Å². The number of rotatable bonds is 4. The average Bonchev–Trinajstić information content (AvgIpc) is 2.48. The van der Waals surface area contributed by atoms with E-state index < -0.39 is 11.9 Å². The largest absolute Gasteiger partial charge is 0.481 e. The molecule has 0 spiro atoms. The van der Waals surface area contributed by atoms with Crippen molar-refractivity contribution in [2.75, 3.05) is 19.7 Å². The monoisotopic (exact) mass is 326 g/mol. The maximum atomic E-state index is 12.5. The Bertz CT molecular complexity index is 579. The van der Waals surface area contributed by atoms with E-state index in [1.165, 1.54) is 12.3 Å². The zero-order valence-electron chi connectivity index (χ0n) is 12.6. The lowest BCUT2D eigenvalue weighted by Crippen LogP contribution is -2.45. The van der Waals surface area contributed by atoms with Crippen LogP contribution in [0.5, 0.6) is 5.88 Å². The fourth-order valence-electron chi connectivity index (χ4n) is 2.66. The Labute approximate surface area is 134 Å². The number of pyridine rings is 1. The standard InChI is InChI=1S/C15H19ClN2O4/c1-3-22-13-12(16)6-10(7-17-13)14(19)18-5-4-11(15(20)21)9(2)8-18/h6-7,9,11H,3-5,8H2,1-2H3,(H,20,21). The van der Waals surface area contributed by atoms with E-state index in [0.29, 0.717) is 42.6 Å². The van der Waals surface area contributed by atoms with Crippen molar-refractivity contribution < 1.29 is 19.4 Å². The molecule has 1 amide bonds. The van der Waals surface area contributed by atoms with E-state index in [-0.39, 0.29) is 11.8 Å². The summed E-state index contributed by atoms with van der Waals surface area (Å²) in [7, 11) is 0. The molecular formula is C15H19ClN2O4. The third-order valence-electron chi connectivity index (χ3n) is 3.85. The Morgan fingerprint density at radius 1 is 1.55 bits per heavy atom. The number of amides is 1. The van der Waals surface area contributed by atoms with Crippen LogP contribution in [0, 0.1) is 11.8 Å². The number of carbonyl (C=O) groups is 2. The topological polar surface area (TPSA) is 79.7 Å². The normalized spacial score (nSPS) is 21.5. The molecule has 0 bridgehead atoms. The van der Waals surface area contributed by atoms with Gasteiger partial charge >= 0.3 is 5.97 Å². The van der Waals surface area contributed by atoms with Crippen LogP contribution in [0.4, 0.5) is 0 Å². The minimum atomic E-state index is -0.801. The van der Waals surface area contributed by atoms with Gasteiger partial charge in [-0.3, -0.25) is 9.59 Å². The first kappa shape index (κ1) is 16.5. The van der Waals surface area contributed by atoms with Gasteiger partial charge in [-0.2, -0.15) is 0 Å². The predicted octanol–water partition coefficient (Wildman–Crippen LogP) is 2.32. The SMILES string of the molecule is CCOc1ncc(C(=O)N2CCC(C(=O)O)C(C)C2)cc1Cl. The molecule has 1 aromatic rings. The van der Waals surface area contributed by atoms with Gasteiger partial charge in [0, 0.05) is 19.3 Å². The molecule has 2 heterocycles. The Balaban J connectivity index is 2.09. The second-order valence-corrected chi connectivity index (χ2v) is 5.81. The molecule has 7 heteroatoms. The second-order valence-electron chi connectivity index (χ2n) is 5.41. The molecule has 2 rings (SSSR count). The van der Waals surface area contributed by atoms with Gasteiger partial charge in [0.1, 0.15) is 5.02 Å². The Kier molecular flexibility index (Phi) is 5.24. The van der Waals surface area contributed by atoms with Crippen LogP contribution in [0.15, 0.2) is 12.3 Å². The molecule has 1 N–H and O–H groups in total. The van der Waals surface area contributed by atoms with Gasteiger partial charge in [-0.15, -0.1) is 0 Å². The summed E-state index contributed by atoms with van der Waals surface area (Å²) in [6.07, 6.45) is 1.90. The van der Waals surface area contributed by atoms with Crippen LogP contribution in [0.25, 0.3) is 0 Å². The highest BCUT2D eigenvalue weighted by atomic mass is 35.5. The first-order chi connectivity index (χ1) is 10.4. The smallest absolute Gasteiger partial charge is 0.306 e. The van der Waals surface area contributed by atoms with E-state index in [2.05, 4.69) is 4.98 Å². The quantitative estimate of drug-likeness (QED) is 0.918. The van der Waals surface area contributed by atoms with Gasteiger partial charge < -0.3 is 14.7 Å². The lowest BCUT2D eigenvalue weighted by atomic mass is 9.87. The van der Waals surface area contributed by atoms with Crippen LogP contribution in [-0.2, 0) is 4.79 Å². The van der Waals surface area contributed by atoms with Crippen LogP contribution < -0.4 is 4.74 Å². The number of hydrogen-bond donors (Lipinski definition) is 1. The number of halogens is 1. The average molecular weight is 327 g/mol. The molecule has 120 valence electrons. The minimum absolute atomic E-state index is 0.0821. The zero-order chi connectivity index (χ0) is 16.3. The highest BCUT2D eigenvalue weighted by Crippen LogP contribution is 2.27. The van der Waals surface area contributed by atoms with Gasteiger partial charge in [-0.25, -0.2) is 4.98 Å². The Morgan fingerprint density at radius 2 is 2.27 bits per heavy atom. The maximum absolute atomic E-state index is 12.5. The third-order valence-corrected chi connectivity index (χ3v) is 4.12. The number of aliphatic carboxylic acids is 1. The van der Waals surface area contributed by atoms with Gasteiger partial charge in [0.2, 0.25) is 5.88 Å². The maximum Gasteiger partial charge on any atom is 0.306 e. The Hall–Kier alpha value is -1.82. The molecule has 0 aromatic carbocycles. The molecule has 1 aliphatic heterocycles. The summed E-state index contributed by atoms with van der Waals surface area (Å²) in [6, 6.07) is 1.54. The summed E-state index contributed by atoms with van der Waals surface area (Å²) in [5, 5.41) is 9.42. The van der Waals surface area contributed by atoms with Gasteiger partial charge in [-0.1, -0.05) is 18.5 Å². The lowest BCUT2D eigenvalue weighted by Gasteiger charge is -2.35. The van der Waals surface area contributed by atoms with Gasteiger partial charge in [0.15, 0.2) is 0 Å². The van der Waals surface area contributed by atoms with Crippen LogP contribution >= 0.6 is 11.6 Å². The molecule has 2 unspecified atom stereocenters. The summed E-state index contributed by atoms with van der Waals surface area (Å²) >= 11 is 6.05. The molecule has 1 aliphatic rings. The van der Waals surface area contributed by atoms with Crippen molar-refractivity contribution in [1.82, 2.24) is 9.88 Å². The fraction of sp³-hybridized carbons (Fsp3) is 0.533. The molecular weight excluding hydrogens is 308 g/mol. The minimum Gasteiger partial charge on any atom is -0.481 e. The predicted molar refractivity (Wildman–Crippen MR) is 81.2 cm³/mol. The molecule has 1 saturated heterocycles. The molecule has 0 radical (unpaired) electrons. The molecule has 2 atom stereocenters. The highest BCUT2D eigenvalue weighted by Gasteiger charge is 2.33. The van der Waals surface area contributed by atoms with Crippen molar-refractivity contribution in [3.05, 3.63) is 22.8 Å². The number of hydrogen-bond acceptors (Lipinski definition) is 4. The van der Waals surface area contributed by atoms with Crippen LogP contribution in [0.3, 0.4) is 0 Å². The molecule has 22 heavy (non-hydrogen) atoms. The summed E-state index contributed by atoms with van der Waals surface area (Å²) in [5.41, 5.74) is 0.384. The number of nitrogens with zero attached hydrogens (tertiary/aromatic N) is 2. The highest BCUT2D eigenvalue weighted by molar-refractivity contribution is 6.32. The van der Waals surface area contributed by atoms with E-state index in [9.17, 15) is 9.59 Å². The second kappa shape index (κ2) is 6.96. The summed E-state index contributed by atoms with van der Waals surface area (Å²) < 4.78 is 5.24. The van der Waals surface area contributed by atoms with E-state index in [0.717, 1.165) is 0 Å². The summed E-state index contributed by atoms with van der Waals surface area (Å²) in [6.45, 7) is 4.96. The van der Waals surface area contributed by atoms with Crippen LogP contribution in [0.2, 0.25) is 5.02 Å². The zero-order valence-corrected chi connectivity index (χ0v) is 13.3. The lowest BCUT2D eigenvalue weighted by molar-refractivity contribution is -0.145. The summed E-state index contributed by atoms with van der Waals surface area (Å²) in [4.78, 5) is 29.3. The number of piperidine rings is 1. The first-order valence-electron chi connectivity index (χ1n) is 7.24. The van der Waals surface area contributed by atoms with E-state index in [4.69, 9.17) is 21.4 Å². The number of carboxylic acid groups (broad SMARTS) is 1. The molecule has 1 fully saturated rings. The van der Waals surface area contributed by atoms with Crippen molar-refractivity contribution in [2.24, 2.45) is 11.8 Å². The molecule has 0 aliphatic carbocycles. The molecule has 6 nitrogen and oxygen atoms in total. The third kappa shape index (κ3) is 3.50. The van der Waals surface area contributed by atoms with Gasteiger partial charge in [0.05, 0.1) is 18.1 Å². The van der Waals surface area contributed by atoms with Crippen molar-refractivity contribution in [1.29, 1.82) is 0 Å². The fourth-order valence-corrected chi connectivity index (χ4v) is 2.89. The van der Waals surface area contributed by atoms with E-state index >= 15 is 0 Å².